The van der Waals surface area contributed by atoms with Crippen molar-refractivity contribution < 1.29 is 8.42 Å². The number of hydrogen-bond acceptors (Lipinski definition) is 3. The fourth-order valence-electron chi connectivity index (χ4n) is 4.79. The van der Waals surface area contributed by atoms with E-state index in [4.69, 9.17) is 0 Å². The van der Waals surface area contributed by atoms with Crippen molar-refractivity contribution in [3.05, 3.63) is 0 Å². The van der Waals surface area contributed by atoms with E-state index >= 15 is 0 Å². The Labute approximate surface area is 154 Å². The van der Waals surface area contributed by atoms with E-state index in [-0.39, 0.29) is 12.4 Å². The van der Waals surface area contributed by atoms with Gasteiger partial charge in [-0.1, -0.05) is 19.3 Å². The average molecular weight is 380 g/mol. The zero-order chi connectivity index (χ0) is 16.3. The van der Waals surface area contributed by atoms with Crippen molar-refractivity contribution in [3.8, 4) is 0 Å². The number of piperidine rings is 2. The third kappa shape index (κ3) is 4.44. The largest absolute Gasteiger partial charge is 0.319 e. The van der Waals surface area contributed by atoms with Crippen molar-refractivity contribution in [1.82, 2.24) is 13.9 Å². The highest BCUT2D eigenvalue weighted by molar-refractivity contribution is 7.86. The lowest BCUT2D eigenvalue weighted by atomic mass is 9.68. The highest BCUT2D eigenvalue weighted by Crippen LogP contribution is 2.45. The second-order valence-corrected chi connectivity index (χ2v) is 9.80. The Kier molecular flexibility index (Phi) is 7.38. The molecule has 0 amide bonds. The fraction of sp³-hybridized carbons (Fsp3) is 1.00. The number of rotatable bonds is 4. The third-order valence-corrected chi connectivity index (χ3v) is 8.45. The van der Waals surface area contributed by atoms with Crippen LogP contribution in [0.4, 0.5) is 0 Å². The van der Waals surface area contributed by atoms with Gasteiger partial charge in [0.15, 0.2) is 0 Å². The van der Waals surface area contributed by atoms with Crippen molar-refractivity contribution in [3.63, 3.8) is 0 Å². The summed E-state index contributed by atoms with van der Waals surface area (Å²) in [5, 5.41) is 3.21. The number of nitrogens with zero attached hydrogens (tertiary/aromatic N) is 2. The van der Waals surface area contributed by atoms with Crippen LogP contribution in [0.5, 0.6) is 0 Å². The van der Waals surface area contributed by atoms with Gasteiger partial charge >= 0.3 is 0 Å². The second kappa shape index (κ2) is 8.67. The SMILES string of the molecule is CNCC1CCN(S(=O)(=O)N2CCC3(CCCCC3)CC2)CC1.Cl. The predicted molar refractivity (Wildman–Crippen MR) is 101 cm³/mol. The Morgan fingerprint density at radius 2 is 1.46 bits per heavy atom. The van der Waals surface area contributed by atoms with Crippen LogP contribution in [-0.4, -0.2) is 56.8 Å². The van der Waals surface area contributed by atoms with Gasteiger partial charge in [0.05, 0.1) is 0 Å². The molecule has 2 heterocycles. The Morgan fingerprint density at radius 3 is 2.00 bits per heavy atom. The third-order valence-electron chi connectivity index (χ3n) is 6.42. The molecular formula is C17H34ClN3O2S. The van der Waals surface area contributed by atoms with Crippen molar-refractivity contribution >= 4 is 22.6 Å². The van der Waals surface area contributed by atoms with Crippen LogP contribution in [0.25, 0.3) is 0 Å². The molecule has 2 saturated heterocycles. The van der Waals surface area contributed by atoms with E-state index in [9.17, 15) is 8.42 Å². The van der Waals surface area contributed by atoms with Gasteiger partial charge in [0.2, 0.25) is 0 Å². The molecule has 1 saturated carbocycles. The Balaban J connectivity index is 0.00000208. The van der Waals surface area contributed by atoms with Crippen molar-refractivity contribution in [2.24, 2.45) is 11.3 Å². The van der Waals surface area contributed by atoms with Crippen LogP contribution in [0.15, 0.2) is 0 Å². The highest BCUT2D eigenvalue weighted by Gasteiger charge is 2.40. The first-order valence-corrected chi connectivity index (χ1v) is 10.9. The van der Waals surface area contributed by atoms with E-state index in [1.807, 2.05) is 7.05 Å². The van der Waals surface area contributed by atoms with Crippen molar-refractivity contribution in [1.29, 1.82) is 0 Å². The molecule has 2 aliphatic heterocycles. The molecule has 7 heteroatoms. The van der Waals surface area contributed by atoms with Gasteiger partial charge in [-0.25, -0.2) is 0 Å². The number of nitrogens with one attached hydrogen (secondary N) is 1. The molecule has 1 spiro atoms. The van der Waals surface area contributed by atoms with E-state index in [0.717, 1.165) is 45.3 Å². The minimum atomic E-state index is -3.23. The maximum absolute atomic E-state index is 12.9. The molecule has 0 aromatic carbocycles. The molecule has 0 aromatic heterocycles. The lowest BCUT2D eigenvalue weighted by molar-refractivity contribution is 0.0983. The topological polar surface area (TPSA) is 52.7 Å². The van der Waals surface area contributed by atoms with Gasteiger partial charge in [-0.2, -0.15) is 17.0 Å². The van der Waals surface area contributed by atoms with Crippen LogP contribution in [0, 0.1) is 11.3 Å². The molecule has 0 radical (unpaired) electrons. The molecule has 3 aliphatic rings. The normalized spacial score (nSPS) is 27.0. The highest BCUT2D eigenvalue weighted by atomic mass is 35.5. The monoisotopic (exact) mass is 379 g/mol. The molecular weight excluding hydrogens is 346 g/mol. The first-order valence-electron chi connectivity index (χ1n) is 9.46. The molecule has 3 fully saturated rings. The van der Waals surface area contributed by atoms with Crippen LogP contribution < -0.4 is 5.32 Å². The van der Waals surface area contributed by atoms with Gasteiger partial charge < -0.3 is 5.32 Å². The minimum absolute atomic E-state index is 0. The molecule has 5 nitrogen and oxygen atoms in total. The maximum atomic E-state index is 12.9. The summed E-state index contributed by atoms with van der Waals surface area (Å²) < 4.78 is 29.3. The van der Waals surface area contributed by atoms with Crippen LogP contribution in [0.1, 0.15) is 57.8 Å². The number of hydrogen-bond donors (Lipinski definition) is 1. The summed E-state index contributed by atoms with van der Waals surface area (Å²) in [4.78, 5) is 0. The molecule has 1 aliphatic carbocycles. The zero-order valence-corrected chi connectivity index (χ0v) is 16.6. The summed E-state index contributed by atoms with van der Waals surface area (Å²) in [7, 11) is -1.26. The minimum Gasteiger partial charge on any atom is -0.319 e. The molecule has 0 aromatic rings. The molecule has 0 atom stereocenters. The lowest BCUT2D eigenvalue weighted by Gasteiger charge is -2.45. The van der Waals surface area contributed by atoms with Gasteiger partial charge in [-0.3, -0.25) is 0 Å². The predicted octanol–water partition coefficient (Wildman–Crippen LogP) is 2.63. The summed E-state index contributed by atoms with van der Waals surface area (Å²) in [5.74, 6) is 0.623. The summed E-state index contributed by atoms with van der Waals surface area (Å²) in [6.45, 7) is 3.85. The summed E-state index contributed by atoms with van der Waals surface area (Å²) in [6.07, 6.45) is 10.8. The maximum Gasteiger partial charge on any atom is 0.281 e. The van der Waals surface area contributed by atoms with Crippen LogP contribution in [0.3, 0.4) is 0 Å². The summed E-state index contributed by atoms with van der Waals surface area (Å²) >= 11 is 0. The van der Waals surface area contributed by atoms with Crippen molar-refractivity contribution in [2.45, 2.75) is 57.8 Å². The average Bonchev–Trinajstić information content (AvgIpc) is 2.57. The quantitative estimate of drug-likeness (QED) is 0.816. The van der Waals surface area contributed by atoms with Crippen LogP contribution in [0.2, 0.25) is 0 Å². The van der Waals surface area contributed by atoms with Gasteiger partial charge in [0, 0.05) is 26.2 Å². The van der Waals surface area contributed by atoms with Crippen LogP contribution in [-0.2, 0) is 10.2 Å². The Morgan fingerprint density at radius 1 is 0.917 bits per heavy atom. The lowest BCUT2D eigenvalue weighted by Crippen LogP contribution is -2.51. The summed E-state index contributed by atoms with van der Waals surface area (Å²) in [5.41, 5.74) is 0.462. The van der Waals surface area contributed by atoms with Gasteiger partial charge in [0.25, 0.3) is 10.2 Å². The van der Waals surface area contributed by atoms with E-state index in [1.165, 1.54) is 32.1 Å². The first-order chi connectivity index (χ1) is 11.1. The van der Waals surface area contributed by atoms with Gasteiger partial charge in [-0.15, -0.1) is 12.4 Å². The van der Waals surface area contributed by atoms with E-state index in [1.54, 1.807) is 8.61 Å². The number of halogens is 1. The molecule has 3 rings (SSSR count). The summed E-state index contributed by atoms with van der Waals surface area (Å²) in [6, 6.07) is 0. The second-order valence-electron chi connectivity index (χ2n) is 7.87. The van der Waals surface area contributed by atoms with Gasteiger partial charge in [-0.05, 0) is 63.5 Å². The van der Waals surface area contributed by atoms with E-state index < -0.39 is 10.2 Å². The molecule has 1 N–H and O–H groups in total. The Bertz CT molecular complexity index is 476. The van der Waals surface area contributed by atoms with Crippen molar-refractivity contribution in [2.75, 3.05) is 39.8 Å². The molecule has 142 valence electrons. The van der Waals surface area contributed by atoms with E-state index in [0.29, 0.717) is 24.4 Å². The molecule has 0 unspecified atom stereocenters. The fourth-order valence-corrected chi connectivity index (χ4v) is 6.43. The van der Waals surface area contributed by atoms with E-state index in [2.05, 4.69) is 5.32 Å². The first kappa shape index (κ1) is 20.4. The smallest absolute Gasteiger partial charge is 0.281 e. The van der Waals surface area contributed by atoms with Gasteiger partial charge in [0.1, 0.15) is 0 Å². The molecule has 24 heavy (non-hydrogen) atoms. The Hall–Kier alpha value is 0.120. The van der Waals surface area contributed by atoms with Crippen LogP contribution >= 0.6 is 12.4 Å². The zero-order valence-electron chi connectivity index (χ0n) is 15.0. The standard InChI is InChI=1S/C17H33N3O2S.ClH/c1-18-15-16-5-11-19(12-6-16)23(21,22)20-13-9-17(10-14-20)7-3-2-4-8-17;/h16,18H,2-15H2,1H3;1H. The molecule has 0 bridgehead atoms.